The van der Waals surface area contributed by atoms with E-state index in [2.05, 4.69) is 43.5 Å². The molecule has 57 heavy (non-hydrogen) atoms. The van der Waals surface area contributed by atoms with Crippen LogP contribution >= 0.6 is 0 Å². The van der Waals surface area contributed by atoms with Gasteiger partial charge >= 0.3 is 11.9 Å². The van der Waals surface area contributed by atoms with Crippen molar-refractivity contribution in [3.05, 3.63) is 24.3 Å². The third-order valence-corrected chi connectivity index (χ3v) is 11.2. The lowest BCUT2D eigenvalue weighted by atomic mass is 10.0. The topological polar surface area (TPSA) is 119 Å². The quantitative estimate of drug-likeness (QED) is 0.0320. The van der Waals surface area contributed by atoms with Crippen LogP contribution in [0.15, 0.2) is 24.3 Å². The van der Waals surface area contributed by atoms with Gasteiger partial charge in [-0.2, -0.15) is 0 Å². The molecule has 0 radical (unpaired) electrons. The van der Waals surface area contributed by atoms with Crippen molar-refractivity contribution < 1.29 is 24.2 Å². The highest BCUT2D eigenvalue weighted by molar-refractivity contribution is 5.83. The minimum atomic E-state index is -1.01. The number of aliphatic carboxylic acids is 1. The van der Waals surface area contributed by atoms with E-state index in [1.54, 1.807) is 0 Å². The summed E-state index contributed by atoms with van der Waals surface area (Å²) in [5, 5.41) is 12.0. The number of nitrogens with two attached hydrogens (primary N) is 1. The van der Waals surface area contributed by atoms with Gasteiger partial charge in [0.2, 0.25) is 5.91 Å². The number of carboxylic acids is 1. The Balaban J connectivity index is 4.11. The molecular formula is C50H94N2O5. The highest BCUT2D eigenvalue weighted by Crippen LogP contribution is 2.17. The Morgan fingerprint density at radius 3 is 1.37 bits per heavy atom. The Bertz CT molecular complexity index is 951. The summed E-state index contributed by atoms with van der Waals surface area (Å²) in [7, 11) is 0. The van der Waals surface area contributed by atoms with Crippen LogP contribution in [0.25, 0.3) is 0 Å². The number of esters is 1. The number of rotatable bonds is 45. The smallest absolute Gasteiger partial charge is 0.326 e. The molecule has 2 unspecified atom stereocenters. The first-order valence-corrected chi connectivity index (χ1v) is 24.7. The fourth-order valence-electron chi connectivity index (χ4n) is 7.47. The monoisotopic (exact) mass is 803 g/mol. The molecule has 0 aromatic rings. The van der Waals surface area contributed by atoms with Crippen molar-refractivity contribution >= 4 is 17.8 Å². The summed E-state index contributed by atoms with van der Waals surface area (Å²) < 4.78 is 5.96. The molecule has 0 aromatic carbocycles. The number of hydrogen-bond acceptors (Lipinski definition) is 5. The molecule has 0 aromatic heterocycles. The van der Waals surface area contributed by atoms with Gasteiger partial charge in [-0.25, -0.2) is 4.79 Å². The van der Waals surface area contributed by atoms with E-state index in [1.165, 1.54) is 167 Å². The third-order valence-electron chi connectivity index (χ3n) is 11.2. The van der Waals surface area contributed by atoms with Crippen LogP contribution in [0.4, 0.5) is 0 Å². The Hall–Kier alpha value is -2.15. The van der Waals surface area contributed by atoms with Crippen LogP contribution in [-0.4, -0.2) is 41.6 Å². The number of carbonyl (C=O) groups excluding carboxylic acids is 2. The van der Waals surface area contributed by atoms with Gasteiger partial charge < -0.3 is 20.9 Å². The standard InChI is InChI=1S/C50H94N2O5/c1-3-5-7-9-11-13-14-15-16-17-18-19-20-21-22-23-24-25-26-28-30-32-38-44-49(54)57-46(40-35-31-29-27-12-10-8-6-4-2)41-36-33-34-37-43-48(53)52-47(50(55)56)42-39-45-51/h17-18,35,40,46-47H,3-16,19-34,36-39,41-45,51H2,1-2H3,(H,52,53)(H,55,56)/b18-17-,40-35-. The Labute approximate surface area is 353 Å². The zero-order valence-electron chi connectivity index (χ0n) is 37.7. The average molecular weight is 803 g/mol. The number of unbranched alkanes of at least 4 members (excludes halogenated alkanes) is 29. The first kappa shape index (κ1) is 54.9. The van der Waals surface area contributed by atoms with Crippen molar-refractivity contribution in [1.82, 2.24) is 5.32 Å². The normalized spacial score (nSPS) is 12.8. The molecule has 0 fully saturated rings. The van der Waals surface area contributed by atoms with E-state index in [1.807, 2.05) is 0 Å². The van der Waals surface area contributed by atoms with Crippen LogP contribution in [0.5, 0.6) is 0 Å². The molecule has 0 rings (SSSR count). The molecular weight excluding hydrogens is 709 g/mol. The minimum absolute atomic E-state index is 0.0844. The molecule has 7 heteroatoms. The van der Waals surface area contributed by atoms with E-state index < -0.39 is 12.0 Å². The molecule has 2 atom stereocenters. The zero-order chi connectivity index (χ0) is 41.7. The maximum Gasteiger partial charge on any atom is 0.326 e. The zero-order valence-corrected chi connectivity index (χ0v) is 37.7. The van der Waals surface area contributed by atoms with Crippen molar-refractivity contribution in [2.45, 2.75) is 270 Å². The lowest BCUT2D eigenvalue weighted by Crippen LogP contribution is -2.40. The van der Waals surface area contributed by atoms with Gasteiger partial charge in [0.05, 0.1) is 0 Å². The van der Waals surface area contributed by atoms with E-state index in [-0.39, 0.29) is 18.0 Å². The van der Waals surface area contributed by atoms with Crippen molar-refractivity contribution in [2.24, 2.45) is 5.73 Å². The van der Waals surface area contributed by atoms with Crippen LogP contribution in [0.1, 0.15) is 258 Å². The Kier molecular flexibility index (Phi) is 43.2. The molecule has 4 N–H and O–H groups in total. The summed E-state index contributed by atoms with van der Waals surface area (Å²) >= 11 is 0. The van der Waals surface area contributed by atoms with Gasteiger partial charge in [0.25, 0.3) is 0 Å². The average Bonchev–Trinajstić information content (AvgIpc) is 3.20. The molecule has 0 aliphatic heterocycles. The van der Waals surface area contributed by atoms with Crippen LogP contribution < -0.4 is 11.1 Å². The van der Waals surface area contributed by atoms with Gasteiger partial charge in [-0.3, -0.25) is 9.59 Å². The first-order valence-electron chi connectivity index (χ1n) is 24.7. The number of amides is 1. The molecule has 0 saturated heterocycles. The predicted molar refractivity (Wildman–Crippen MR) is 244 cm³/mol. The fourth-order valence-corrected chi connectivity index (χ4v) is 7.47. The second kappa shape index (κ2) is 44.9. The second-order valence-electron chi connectivity index (χ2n) is 16.9. The van der Waals surface area contributed by atoms with Gasteiger partial charge in [0.1, 0.15) is 12.1 Å². The summed E-state index contributed by atoms with van der Waals surface area (Å²) in [4.78, 5) is 36.4. The Morgan fingerprint density at radius 1 is 0.509 bits per heavy atom. The molecule has 1 amide bonds. The van der Waals surface area contributed by atoms with Gasteiger partial charge in [0.15, 0.2) is 0 Å². The highest BCUT2D eigenvalue weighted by Gasteiger charge is 2.19. The number of allylic oxidation sites excluding steroid dienone is 3. The van der Waals surface area contributed by atoms with Crippen LogP contribution in [0, 0.1) is 0 Å². The van der Waals surface area contributed by atoms with E-state index in [9.17, 15) is 19.5 Å². The van der Waals surface area contributed by atoms with Crippen molar-refractivity contribution in [3.8, 4) is 0 Å². The Morgan fingerprint density at radius 2 is 0.912 bits per heavy atom. The number of ether oxygens (including phenoxy) is 1. The number of carboxylic acid groups (broad SMARTS) is 1. The summed E-state index contributed by atoms with van der Waals surface area (Å²) in [6.07, 6.45) is 52.6. The van der Waals surface area contributed by atoms with E-state index in [0.717, 1.165) is 44.9 Å². The van der Waals surface area contributed by atoms with Gasteiger partial charge in [-0.1, -0.05) is 186 Å². The largest absolute Gasteiger partial charge is 0.480 e. The van der Waals surface area contributed by atoms with Crippen LogP contribution in [0.3, 0.4) is 0 Å². The molecule has 0 bridgehead atoms. The molecule has 7 nitrogen and oxygen atoms in total. The van der Waals surface area contributed by atoms with Crippen molar-refractivity contribution in [1.29, 1.82) is 0 Å². The summed E-state index contributed by atoms with van der Waals surface area (Å²) in [5.41, 5.74) is 5.49. The highest BCUT2D eigenvalue weighted by atomic mass is 16.5. The third kappa shape index (κ3) is 41.8. The molecule has 0 heterocycles. The van der Waals surface area contributed by atoms with Crippen molar-refractivity contribution in [3.63, 3.8) is 0 Å². The number of hydrogen-bond donors (Lipinski definition) is 3. The molecule has 0 aliphatic rings. The summed E-state index contributed by atoms with van der Waals surface area (Å²) in [6.45, 7) is 4.94. The minimum Gasteiger partial charge on any atom is -0.480 e. The molecule has 0 spiro atoms. The summed E-state index contributed by atoms with van der Waals surface area (Å²) in [6, 6.07) is -0.869. The van der Waals surface area contributed by atoms with Gasteiger partial charge in [-0.15, -0.1) is 0 Å². The fraction of sp³-hybridized carbons (Fsp3) is 0.860. The van der Waals surface area contributed by atoms with E-state index >= 15 is 0 Å². The second-order valence-corrected chi connectivity index (χ2v) is 16.9. The predicted octanol–water partition coefficient (Wildman–Crippen LogP) is 14.4. The number of nitrogens with one attached hydrogen (secondary N) is 1. The van der Waals surface area contributed by atoms with Crippen LogP contribution in [0.2, 0.25) is 0 Å². The SMILES string of the molecule is CCCCCCCCC/C=C\C(CCCCCCC(=O)NC(CCCN)C(=O)O)OC(=O)CCCCCCCCCCCCC/C=C\CCCCCCCCCC. The van der Waals surface area contributed by atoms with E-state index in [4.69, 9.17) is 10.5 Å². The molecule has 334 valence electrons. The molecule has 0 aliphatic carbocycles. The van der Waals surface area contributed by atoms with E-state index in [0.29, 0.717) is 38.6 Å². The van der Waals surface area contributed by atoms with Gasteiger partial charge in [-0.05, 0) is 89.7 Å². The van der Waals surface area contributed by atoms with Crippen LogP contribution in [-0.2, 0) is 19.1 Å². The van der Waals surface area contributed by atoms with Crippen molar-refractivity contribution in [2.75, 3.05) is 6.54 Å². The number of carbonyl (C=O) groups is 3. The van der Waals surface area contributed by atoms with Gasteiger partial charge in [0, 0.05) is 12.8 Å². The first-order chi connectivity index (χ1) is 27.9. The summed E-state index contributed by atoms with van der Waals surface area (Å²) in [5.74, 6) is -1.32. The molecule has 0 saturated carbocycles. The lowest BCUT2D eigenvalue weighted by molar-refractivity contribution is -0.147. The lowest BCUT2D eigenvalue weighted by Gasteiger charge is -2.15. The maximum atomic E-state index is 12.8. The maximum absolute atomic E-state index is 12.8.